The number of non-ortho nitro benzene ring substituents is 1. The third-order valence-electron chi connectivity index (χ3n) is 5.94. The monoisotopic (exact) mass is 449 g/mol. The average Bonchev–Trinajstić information content (AvgIpc) is 3.22. The second kappa shape index (κ2) is 9.88. The molecule has 1 amide bonds. The number of rotatable bonds is 7. The smallest absolute Gasteiger partial charge is 0.274 e. The lowest BCUT2D eigenvalue weighted by Crippen LogP contribution is -2.47. The molecule has 0 aliphatic carbocycles. The molecule has 1 aliphatic rings. The largest absolute Gasteiger partial charge is 0.342 e. The molecule has 33 heavy (non-hydrogen) atoms. The number of carbonyl (C=O) groups excluding carboxylic acids is 1. The van der Waals surface area contributed by atoms with Crippen molar-refractivity contribution in [3.05, 3.63) is 81.7 Å². The molecule has 10 heteroatoms. The van der Waals surface area contributed by atoms with Crippen molar-refractivity contribution in [3.8, 4) is 5.69 Å². The molecule has 2 heterocycles. The number of benzene rings is 2. The fraction of sp³-hybridized carbons (Fsp3) is 0.348. The van der Waals surface area contributed by atoms with Crippen LogP contribution in [-0.4, -0.2) is 75.4 Å². The van der Waals surface area contributed by atoms with Gasteiger partial charge in [0.15, 0.2) is 5.69 Å². The maximum Gasteiger partial charge on any atom is 0.274 e. The van der Waals surface area contributed by atoms with Gasteiger partial charge in [-0.3, -0.25) is 19.8 Å². The van der Waals surface area contributed by atoms with Gasteiger partial charge in [-0.1, -0.05) is 41.6 Å². The molecular formula is C23H27N7O3. The first kappa shape index (κ1) is 22.6. The highest BCUT2D eigenvalue weighted by Crippen LogP contribution is 2.20. The Hall–Kier alpha value is -3.63. The Labute approximate surface area is 192 Å². The van der Waals surface area contributed by atoms with Crippen LogP contribution in [0.25, 0.3) is 5.69 Å². The molecule has 3 aromatic rings. The maximum absolute atomic E-state index is 13.2. The van der Waals surface area contributed by atoms with E-state index in [1.807, 2.05) is 30.3 Å². The first-order chi connectivity index (χ1) is 15.9. The molecule has 1 atom stereocenters. The van der Waals surface area contributed by atoms with Crippen LogP contribution in [0, 0.1) is 17.0 Å². The minimum absolute atomic E-state index is 0.0512. The van der Waals surface area contributed by atoms with Gasteiger partial charge in [-0.05, 0) is 25.6 Å². The van der Waals surface area contributed by atoms with Crippen LogP contribution in [0.15, 0.2) is 54.6 Å². The summed E-state index contributed by atoms with van der Waals surface area (Å²) in [7, 11) is 2.11. The number of nitrogens with zero attached hydrogens (tertiary/aromatic N) is 6. The molecule has 2 aromatic carbocycles. The Balaban J connectivity index is 1.55. The van der Waals surface area contributed by atoms with Gasteiger partial charge in [0.25, 0.3) is 11.6 Å². The van der Waals surface area contributed by atoms with E-state index in [0.717, 1.165) is 31.7 Å². The molecule has 1 aliphatic heterocycles. The van der Waals surface area contributed by atoms with Crippen LogP contribution in [0.4, 0.5) is 5.69 Å². The van der Waals surface area contributed by atoms with E-state index in [9.17, 15) is 14.9 Å². The van der Waals surface area contributed by atoms with Gasteiger partial charge >= 0.3 is 0 Å². The van der Waals surface area contributed by atoms with Crippen molar-refractivity contribution >= 4 is 11.6 Å². The van der Waals surface area contributed by atoms with Gasteiger partial charge in [-0.25, -0.2) is 4.68 Å². The first-order valence-corrected chi connectivity index (χ1v) is 10.9. The van der Waals surface area contributed by atoms with Crippen molar-refractivity contribution in [2.75, 3.05) is 39.8 Å². The van der Waals surface area contributed by atoms with E-state index in [4.69, 9.17) is 0 Å². The van der Waals surface area contributed by atoms with Gasteiger partial charge in [0.05, 0.1) is 22.3 Å². The van der Waals surface area contributed by atoms with Crippen molar-refractivity contribution in [1.29, 1.82) is 0 Å². The van der Waals surface area contributed by atoms with E-state index in [-0.39, 0.29) is 23.3 Å². The minimum atomic E-state index is -0.466. The molecule has 0 bridgehead atoms. The van der Waals surface area contributed by atoms with Crippen LogP contribution >= 0.6 is 0 Å². The summed E-state index contributed by atoms with van der Waals surface area (Å²) in [5.41, 5.74) is 2.16. The molecule has 1 aromatic heterocycles. The number of nitro benzene ring substituents is 1. The fourth-order valence-corrected chi connectivity index (χ4v) is 3.96. The van der Waals surface area contributed by atoms with Crippen LogP contribution in [0.5, 0.6) is 0 Å². The number of amides is 1. The Kier molecular flexibility index (Phi) is 6.76. The fourth-order valence-electron chi connectivity index (χ4n) is 3.96. The summed E-state index contributed by atoms with van der Waals surface area (Å²) in [5.74, 6) is -0.327. The van der Waals surface area contributed by atoms with Crippen LogP contribution in [0.2, 0.25) is 0 Å². The van der Waals surface area contributed by atoms with Crippen LogP contribution in [0.1, 0.15) is 27.8 Å². The zero-order chi connectivity index (χ0) is 23.4. The highest BCUT2D eigenvalue weighted by Gasteiger charge is 2.25. The normalized spacial score (nSPS) is 15.8. The van der Waals surface area contributed by atoms with E-state index in [0.29, 0.717) is 17.9 Å². The number of carbonyl (C=O) groups is 1. The van der Waals surface area contributed by atoms with Crippen molar-refractivity contribution in [1.82, 2.24) is 30.1 Å². The predicted octanol–water partition coefficient (Wildman–Crippen LogP) is 2.20. The number of hydrogen-bond acceptors (Lipinski definition) is 7. The molecule has 4 rings (SSSR count). The lowest BCUT2D eigenvalue weighted by atomic mass is 10.1. The van der Waals surface area contributed by atoms with E-state index in [1.165, 1.54) is 16.8 Å². The quantitative estimate of drug-likeness (QED) is 0.435. The van der Waals surface area contributed by atoms with Gasteiger partial charge in [0, 0.05) is 44.9 Å². The molecule has 172 valence electrons. The predicted molar refractivity (Wildman–Crippen MR) is 123 cm³/mol. The average molecular weight is 450 g/mol. The molecule has 1 saturated heterocycles. The minimum Gasteiger partial charge on any atom is -0.342 e. The summed E-state index contributed by atoms with van der Waals surface area (Å²) in [5, 5.41) is 22.4. The van der Waals surface area contributed by atoms with E-state index < -0.39 is 4.92 Å². The molecule has 10 nitrogen and oxygen atoms in total. The van der Waals surface area contributed by atoms with Gasteiger partial charge < -0.3 is 10.2 Å². The SMILES string of the molecule is Cc1c(C(=O)NC(CN2CCN(C)CC2)c2ccccc2)nnn1-c1cccc([N+](=O)[O-])c1. The summed E-state index contributed by atoms with van der Waals surface area (Å²) in [6.45, 7) is 6.29. The summed E-state index contributed by atoms with van der Waals surface area (Å²) in [4.78, 5) is 28.5. The Morgan fingerprint density at radius 3 is 2.55 bits per heavy atom. The van der Waals surface area contributed by atoms with Crippen molar-refractivity contribution in [2.45, 2.75) is 13.0 Å². The molecule has 1 fully saturated rings. The van der Waals surface area contributed by atoms with Gasteiger partial charge in [0.2, 0.25) is 0 Å². The van der Waals surface area contributed by atoms with Crippen LogP contribution < -0.4 is 5.32 Å². The van der Waals surface area contributed by atoms with Crippen molar-refractivity contribution in [2.24, 2.45) is 0 Å². The lowest BCUT2D eigenvalue weighted by molar-refractivity contribution is -0.384. The maximum atomic E-state index is 13.2. The number of nitrogens with one attached hydrogen (secondary N) is 1. The first-order valence-electron chi connectivity index (χ1n) is 10.9. The van der Waals surface area contributed by atoms with Gasteiger partial charge in [-0.2, -0.15) is 0 Å². The third-order valence-corrected chi connectivity index (χ3v) is 5.94. The van der Waals surface area contributed by atoms with Gasteiger partial charge in [-0.15, -0.1) is 5.10 Å². The van der Waals surface area contributed by atoms with E-state index >= 15 is 0 Å². The number of likely N-dealkylation sites (N-methyl/N-ethyl adjacent to an activating group) is 1. The Bertz CT molecular complexity index is 1120. The Morgan fingerprint density at radius 2 is 1.85 bits per heavy atom. The van der Waals surface area contributed by atoms with Crippen molar-refractivity contribution in [3.63, 3.8) is 0 Å². The highest BCUT2D eigenvalue weighted by molar-refractivity contribution is 5.93. The topological polar surface area (TPSA) is 109 Å². The zero-order valence-corrected chi connectivity index (χ0v) is 18.7. The number of piperazine rings is 1. The molecule has 0 spiro atoms. The van der Waals surface area contributed by atoms with E-state index in [1.54, 1.807) is 19.1 Å². The summed E-state index contributed by atoms with van der Waals surface area (Å²) >= 11 is 0. The lowest BCUT2D eigenvalue weighted by Gasteiger charge is -2.35. The Morgan fingerprint density at radius 1 is 1.12 bits per heavy atom. The van der Waals surface area contributed by atoms with E-state index in [2.05, 4.69) is 32.5 Å². The number of aromatic nitrogens is 3. The zero-order valence-electron chi connectivity index (χ0n) is 18.7. The summed E-state index contributed by atoms with van der Waals surface area (Å²) < 4.78 is 1.44. The van der Waals surface area contributed by atoms with Gasteiger partial charge in [0.1, 0.15) is 0 Å². The van der Waals surface area contributed by atoms with Crippen molar-refractivity contribution < 1.29 is 9.72 Å². The summed E-state index contributed by atoms with van der Waals surface area (Å²) in [6, 6.07) is 15.8. The molecular weight excluding hydrogens is 422 g/mol. The molecule has 0 saturated carbocycles. The number of hydrogen-bond donors (Lipinski definition) is 1. The second-order valence-electron chi connectivity index (χ2n) is 8.25. The van der Waals surface area contributed by atoms with Crippen LogP contribution in [0.3, 0.4) is 0 Å². The summed E-state index contributed by atoms with van der Waals surface area (Å²) in [6.07, 6.45) is 0. The highest BCUT2D eigenvalue weighted by atomic mass is 16.6. The second-order valence-corrected chi connectivity index (χ2v) is 8.25. The molecule has 1 N–H and O–H groups in total. The molecule has 1 unspecified atom stereocenters. The molecule has 0 radical (unpaired) electrons. The number of nitro groups is 1. The standard InChI is InChI=1S/C23H27N7O3/c1-17-22(25-26-29(17)19-9-6-10-20(15-19)30(32)33)23(31)24-21(18-7-4-3-5-8-18)16-28-13-11-27(2)12-14-28/h3-10,15,21H,11-14,16H2,1-2H3,(H,24,31). The third kappa shape index (κ3) is 5.24. The van der Waals surface area contributed by atoms with Crippen LogP contribution in [-0.2, 0) is 0 Å².